The number of hydrogen-bond donors (Lipinski definition) is 10. The highest BCUT2D eigenvalue weighted by molar-refractivity contribution is 5.01. The summed E-state index contributed by atoms with van der Waals surface area (Å²) in [6, 6.07) is -2.69. The monoisotopic (exact) mass is 468 g/mol. The van der Waals surface area contributed by atoms with Crippen LogP contribution in [0.5, 0.6) is 0 Å². The van der Waals surface area contributed by atoms with Crippen LogP contribution in [-0.2, 0) is 18.9 Å². The first kappa shape index (κ1) is 26.1. The molecular weight excluding hydrogens is 432 g/mol. The fourth-order valence-electron chi connectivity index (χ4n) is 4.34. The molecular formula is C18H36N4O10. The molecule has 0 unspecified atom stereocenters. The number of nitrogens with two attached hydrogens (primary N) is 4. The Hall–Kier alpha value is -0.560. The van der Waals surface area contributed by atoms with Gasteiger partial charge in [-0.05, 0) is 13.3 Å². The summed E-state index contributed by atoms with van der Waals surface area (Å²) < 4.78 is 22.5. The fraction of sp³-hybridized carbons (Fsp3) is 1.00. The van der Waals surface area contributed by atoms with Crippen LogP contribution in [0.4, 0.5) is 0 Å². The van der Waals surface area contributed by atoms with Gasteiger partial charge in [-0.3, -0.25) is 0 Å². The Labute approximate surface area is 185 Å². The van der Waals surface area contributed by atoms with Crippen molar-refractivity contribution in [1.29, 1.82) is 0 Å². The van der Waals surface area contributed by atoms with Crippen LogP contribution in [0.1, 0.15) is 13.3 Å². The number of rotatable bonds is 5. The van der Waals surface area contributed by atoms with E-state index in [0.717, 1.165) is 0 Å². The lowest BCUT2D eigenvalue weighted by Gasteiger charge is -2.48. The summed E-state index contributed by atoms with van der Waals surface area (Å²) in [4.78, 5) is 0. The molecule has 0 amide bonds. The van der Waals surface area contributed by atoms with Crippen LogP contribution < -0.4 is 22.9 Å². The van der Waals surface area contributed by atoms with E-state index in [1.54, 1.807) is 0 Å². The average molecular weight is 469 g/mol. The van der Waals surface area contributed by atoms with Crippen LogP contribution in [-0.4, -0.2) is 129 Å². The van der Waals surface area contributed by atoms with Crippen molar-refractivity contribution in [3.63, 3.8) is 0 Å². The van der Waals surface area contributed by atoms with Gasteiger partial charge in [-0.25, -0.2) is 0 Å². The molecule has 2 saturated heterocycles. The lowest BCUT2D eigenvalue weighted by Crippen LogP contribution is -2.68. The molecule has 14 heteroatoms. The van der Waals surface area contributed by atoms with Crippen LogP contribution in [0.15, 0.2) is 0 Å². The van der Waals surface area contributed by atoms with Crippen molar-refractivity contribution in [3.05, 3.63) is 0 Å². The van der Waals surface area contributed by atoms with Crippen LogP contribution in [0.2, 0.25) is 0 Å². The highest BCUT2D eigenvalue weighted by atomic mass is 16.7. The summed E-state index contributed by atoms with van der Waals surface area (Å²) in [6.07, 6.45) is -15.1. The van der Waals surface area contributed by atoms with Gasteiger partial charge in [-0.2, -0.15) is 0 Å². The standard InChI is InChI=1S/C18H36N4O10/c1-4-9(23)12(26)13(27)18(29-4)32-16-6(21)2-5(20)15(14(16)28)31-17-8(22)11(25)10(24)7(3-19)30-17/h4-18,23-28H,2-3,19-22H2,1H3/t4-,5+,6-,7-,8-,9-,10-,11-,12+,13-,14+,15-,16+,17-,18-/m1/s1. The number of aliphatic hydroxyl groups is 6. The minimum atomic E-state index is -1.59. The second kappa shape index (κ2) is 10.4. The van der Waals surface area contributed by atoms with E-state index in [4.69, 9.17) is 41.9 Å². The van der Waals surface area contributed by atoms with E-state index in [9.17, 15) is 30.6 Å². The second-order valence-electron chi connectivity index (χ2n) is 8.77. The number of ether oxygens (including phenoxy) is 4. The lowest BCUT2D eigenvalue weighted by atomic mass is 9.84. The molecule has 2 heterocycles. The molecule has 0 radical (unpaired) electrons. The highest BCUT2D eigenvalue weighted by Crippen LogP contribution is 2.31. The maximum atomic E-state index is 10.9. The third kappa shape index (κ3) is 4.94. The first-order chi connectivity index (χ1) is 15.0. The molecule has 0 aromatic heterocycles. The molecule has 1 aliphatic carbocycles. The molecule has 14 N–H and O–H groups in total. The van der Waals surface area contributed by atoms with E-state index >= 15 is 0 Å². The van der Waals surface area contributed by atoms with Crippen molar-refractivity contribution >= 4 is 0 Å². The summed E-state index contributed by atoms with van der Waals surface area (Å²) in [5.74, 6) is 0. The van der Waals surface area contributed by atoms with Crippen LogP contribution >= 0.6 is 0 Å². The van der Waals surface area contributed by atoms with Crippen molar-refractivity contribution in [1.82, 2.24) is 0 Å². The molecule has 2 aliphatic heterocycles. The van der Waals surface area contributed by atoms with Crippen molar-refractivity contribution in [2.24, 2.45) is 22.9 Å². The van der Waals surface area contributed by atoms with E-state index in [-0.39, 0.29) is 13.0 Å². The quantitative estimate of drug-likeness (QED) is 0.180. The maximum absolute atomic E-state index is 10.9. The van der Waals surface area contributed by atoms with Gasteiger partial charge < -0.3 is 72.5 Å². The van der Waals surface area contributed by atoms with Crippen molar-refractivity contribution in [2.75, 3.05) is 6.54 Å². The number of hydrogen-bond acceptors (Lipinski definition) is 14. The van der Waals surface area contributed by atoms with Gasteiger partial charge >= 0.3 is 0 Å². The van der Waals surface area contributed by atoms with Crippen molar-refractivity contribution in [3.8, 4) is 0 Å². The molecule has 3 rings (SSSR count). The molecule has 14 nitrogen and oxygen atoms in total. The minimum absolute atomic E-state index is 0.107. The Balaban J connectivity index is 1.71. The summed E-state index contributed by atoms with van der Waals surface area (Å²) in [5, 5.41) is 61.2. The molecule has 3 aliphatic rings. The summed E-state index contributed by atoms with van der Waals surface area (Å²) in [5.41, 5.74) is 23.7. The lowest BCUT2D eigenvalue weighted by molar-refractivity contribution is -0.327. The Morgan fingerprint density at radius 1 is 0.719 bits per heavy atom. The summed E-state index contributed by atoms with van der Waals surface area (Å²) >= 11 is 0. The zero-order valence-corrected chi connectivity index (χ0v) is 17.7. The third-order valence-corrected chi connectivity index (χ3v) is 6.43. The Morgan fingerprint density at radius 2 is 1.28 bits per heavy atom. The Kier molecular flexibility index (Phi) is 8.44. The SMILES string of the molecule is C[C@H]1O[C@H](O[C@@H]2[C@@H](O)[C@H](O[C@H]3O[C@H](CN)[C@@H](O)[C@H](O)[C@H]3N)[C@@H](N)C[C@H]2N)[C@H](O)[C@@H](O)[C@@H]1O. The van der Waals surface area contributed by atoms with Gasteiger partial charge in [0.15, 0.2) is 12.6 Å². The first-order valence-electron chi connectivity index (χ1n) is 10.6. The molecule has 188 valence electrons. The van der Waals surface area contributed by atoms with E-state index in [1.165, 1.54) is 6.92 Å². The van der Waals surface area contributed by atoms with Gasteiger partial charge in [0, 0.05) is 18.6 Å². The summed E-state index contributed by atoms with van der Waals surface area (Å²) in [6.45, 7) is 1.38. The van der Waals surface area contributed by atoms with Gasteiger partial charge in [0.2, 0.25) is 0 Å². The number of aliphatic hydroxyl groups excluding tert-OH is 6. The van der Waals surface area contributed by atoms with Gasteiger partial charge in [-0.1, -0.05) is 0 Å². The van der Waals surface area contributed by atoms with E-state index < -0.39 is 91.7 Å². The zero-order chi connectivity index (χ0) is 23.9. The molecule has 3 fully saturated rings. The normalized spacial score (nSPS) is 55.0. The van der Waals surface area contributed by atoms with E-state index in [0.29, 0.717) is 0 Å². The molecule has 0 spiro atoms. The van der Waals surface area contributed by atoms with Crippen LogP contribution in [0, 0.1) is 0 Å². The topological polar surface area (TPSA) is 262 Å². The average Bonchev–Trinajstić information content (AvgIpc) is 2.75. The molecule has 32 heavy (non-hydrogen) atoms. The predicted octanol–water partition coefficient (Wildman–Crippen LogP) is -6.26. The minimum Gasteiger partial charge on any atom is -0.388 e. The third-order valence-electron chi connectivity index (χ3n) is 6.43. The largest absolute Gasteiger partial charge is 0.388 e. The van der Waals surface area contributed by atoms with Crippen molar-refractivity contribution in [2.45, 2.75) is 105 Å². The molecule has 0 aromatic rings. The van der Waals surface area contributed by atoms with Gasteiger partial charge in [0.25, 0.3) is 0 Å². The van der Waals surface area contributed by atoms with E-state index in [2.05, 4.69) is 0 Å². The maximum Gasteiger partial charge on any atom is 0.187 e. The predicted molar refractivity (Wildman–Crippen MR) is 106 cm³/mol. The van der Waals surface area contributed by atoms with Crippen molar-refractivity contribution < 1.29 is 49.6 Å². The molecule has 0 aromatic carbocycles. The van der Waals surface area contributed by atoms with Gasteiger partial charge in [-0.15, -0.1) is 0 Å². The molecule has 15 atom stereocenters. The fourth-order valence-corrected chi connectivity index (χ4v) is 4.34. The van der Waals surface area contributed by atoms with Gasteiger partial charge in [0.05, 0.1) is 12.1 Å². The summed E-state index contributed by atoms with van der Waals surface area (Å²) in [7, 11) is 0. The zero-order valence-electron chi connectivity index (χ0n) is 17.7. The van der Waals surface area contributed by atoms with E-state index in [1.807, 2.05) is 0 Å². The molecule has 1 saturated carbocycles. The van der Waals surface area contributed by atoms with Crippen LogP contribution in [0.3, 0.4) is 0 Å². The van der Waals surface area contributed by atoms with Crippen LogP contribution in [0.25, 0.3) is 0 Å². The second-order valence-corrected chi connectivity index (χ2v) is 8.77. The Morgan fingerprint density at radius 3 is 1.84 bits per heavy atom. The molecule has 0 bridgehead atoms. The smallest absolute Gasteiger partial charge is 0.187 e. The highest BCUT2D eigenvalue weighted by Gasteiger charge is 2.51. The Bertz CT molecular complexity index is 620. The first-order valence-corrected chi connectivity index (χ1v) is 10.6. The van der Waals surface area contributed by atoms with Gasteiger partial charge in [0.1, 0.15) is 54.9 Å².